The van der Waals surface area contributed by atoms with Crippen LogP contribution in [0.5, 0.6) is 0 Å². The first kappa shape index (κ1) is 11.2. The van der Waals surface area contributed by atoms with Gasteiger partial charge in [0.25, 0.3) is 0 Å². The molecule has 18 heavy (non-hydrogen) atoms. The fraction of sp³-hybridized carbons (Fsp3) is 0.462. The van der Waals surface area contributed by atoms with Gasteiger partial charge in [-0.3, -0.25) is 4.68 Å². The summed E-state index contributed by atoms with van der Waals surface area (Å²) < 4.78 is 2.07. The SMILES string of the molecule is Cc1cc(N2CCC(n3cccn3)CC2)ncn1. The van der Waals surface area contributed by atoms with E-state index in [0.29, 0.717) is 6.04 Å². The molecule has 94 valence electrons. The first-order chi connectivity index (χ1) is 8.83. The maximum absolute atomic E-state index is 4.34. The van der Waals surface area contributed by atoms with Crippen molar-refractivity contribution in [1.82, 2.24) is 19.7 Å². The summed E-state index contributed by atoms with van der Waals surface area (Å²) in [6.07, 6.45) is 7.77. The summed E-state index contributed by atoms with van der Waals surface area (Å²) in [5.74, 6) is 1.04. The molecule has 0 radical (unpaired) electrons. The summed E-state index contributed by atoms with van der Waals surface area (Å²) in [4.78, 5) is 10.8. The van der Waals surface area contributed by atoms with Crippen LogP contribution < -0.4 is 4.90 Å². The summed E-state index contributed by atoms with van der Waals surface area (Å²) in [6.45, 7) is 4.06. The summed E-state index contributed by atoms with van der Waals surface area (Å²) >= 11 is 0. The maximum atomic E-state index is 4.34. The van der Waals surface area contributed by atoms with E-state index in [1.165, 1.54) is 0 Å². The van der Waals surface area contributed by atoms with E-state index in [9.17, 15) is 0 Å². The molecule has 5 nitrogen and oxygen atoms in total. The van der Waals surface area contributed by atoms with Crippen LogP contribution in [0.3, 0.4) is 0 Å². The van der Waals surface area contributed by atoms with Crippen molar-refractivity contribution in [1.29, 1.82) is 0 Å². The second kappa shape index (κ2) is 4.76. The minimum Gasteiger partial charge on any atom is -0.356 e. The predicted molar refractivity (Wildman–Crippen MR) is 69.5 cm³/mol. The average molecular weight is 243 g/mol. The van der Waals surface area contributed by atoms with Crippen molar-refractivity contribution in [2.75, 3.05) is 18.0 Å². The zero-order chi connectivity index (χ0) is 12.4. The Morgan fingerprint density at radius 1 is 1.22 bits per heavy atom. The Morgan fingerprint density at radius 2 is 2.06 bits per heavy atom. The van der Waals surface area contributed by atoms with Gasteiger partial charge >= 0.3 is 0 Å². The van der Waals surface area contributed by atoms with Crippen LogP contribution in [0.25, 0.3) is 0 Å². The number of hydrogen-bond donors (Lipinski definition) is 0. The quantitative estimate of drug-likeness (QED) is 0.807. The number of aromatic nitrogens is 4. The van der Waals surface area contributed by atoms with E-state index in [-0.39, 0.29) is 0 Å². The summed E-state index contributed by atoms with van der Waals surface area (Å²) in [6, 6.07) is 4.56. The van der Waals surface area contributed by atoms with Gasteiger partial charge in [0.05, 0.1) is 6.04 Å². The second-order valence-electron chi connectivity index (χ2n) is 4.72. The Bertz CT molecular complexity index is 500. The highest BCUT2D eigenvalue weighted by Crippen LogP contribution is 2.24. The third kappa shape index (κ3) is 2.20. The van der Waals surface area contributed by atoms with Crippen LogP contribution in [-0.4, -0.2) is 32.8 Å². The van der Waals surface area contributed by atoms with E-state index < -0.39 is 0 Å². The average Bonchev–Trinajstić information content (AvgIpc) is 2.93. The van der Waals surface area contributed by atoms with E-state index in [0.717, 1.165) is 37.4 Å². The number of hydrogen-bond acceptors (Lipinski definition) is 4. The highest BCUT2D eigenvalue weighted by Gasteiger charge is 2.21. The van der Waals surface area contributed by atoms with Crippen molar-refractivity contribution in [3.05, 3.63) is 36.5 Å². The first-order valence-corrected chi connectivity index (χ1v) is 6.35. The maximum Gasteiger partial charge on any atom is 0.132 e. The monoisotopic (exact) mass is 243 g/mol. The summed E-state index contributed by atoms with van der Waals surface area (Å²) in [5, 5.41) is 4.32. The van der Waals surface area contributed by atoms with Gasteiger partial charge in [-0.25, -0.2) is 9.97 Å². The predicted octanol–water partition coefficient (Wildman–Crippen LogP) is 1.82. The van der Waals surface area contributed by atoms with Gasteiger partial charge in [-0.2, -0.15) is 5.10 Å². The van der Waals surface area contributed by atoms with Crippen molar-refractivity contribution in [2.24, 2.45) is 0 Å². The standard InChI is InChI=1S/C13H17N5/c1-11-9-13(15-10-14-11)17-7-3-12(4-8-17)18-6-2-5-16-18/h2,5-6,9-10,12H,3-4,7-8H2,1H3. The highest BCUT2D eigenvalue weighted by molar-refractivity contribution is 5.39. The number of piperidine rings is 1. The van der Waals surface area contributed by atoms with Crippen LogP contribution in [0.15, 0.2) is 30.9 Å². The third-order valence-electron chi connectivity index (χ3n) is 3.48. The van der Waals surface area contributed by atoms with E-state index in [4.69, 9.17) is 0 Å². The van der Waals surface area contributed by atoms with Gasteiger partial charge in [0.2, 0.25) is 0 Å². The number of aryl methyl sites for hydroxylation is 1. The highest BCUT2D eigenvalue weighted by atomic mass is 15.3. The van der Waals surface area contributed by atoms with E-state index in [1.807, 2.05) is 25.3 Å². The molecule has 0 spiro atoms. The lowest BCUT2D eigenvalue weighted by atomic mass is 10.1. The molecule has 1 saturated heterocycles. The van der Waals surface area contributed by atoms with E-state index in [2.05, 4.69) is 30.8 Å². The van der Waals surface area contributed by atoms with Gasteiger partial charge in [-0.15, -0.1) is 0 Å². The lowest BCUT2D eigenvalue weighted by Gasteiger charge is -2.32. The molecule has 2 aromatic heterocycles. The van der Waals surface area contributed by atoms with Crippen molar-refractivity contribution >= 4 is 5.82 Å². The molecule has 1 aliphatic heterocycles. The molecule has 0 unspecified atom stereocenters. The van der Waals surface area contributed by atoms with Gasteiger partial charge in [0.1, 0.15) is 12.1 Å². The zero-order valence-electron chi connectivity index (χ0n) is 10.5. The topological polar surface area (TPSA) is 46.8 Å². The van der Waals surface area contributed by atoms with Crippen LogP contribution in [0.1, 0.15) is 24.6 Å². The smallest absolute Gasteiger partial charge is 0.132 e. The fourth-order valence-electron chi connectivity index (χ4n) is 2.47. The van der Waals surface area contributed by atoms with Crippen molar-refractivity contribution in [3.8, 4) is 0 Å². The molecule has 2 aromatic rings. The molecular formula is C13H17N5. The minimum atomic E-state index is 0.527. The van der Waals surface area contributed by atoms with Crippen LogP contribution in [0, 0.1) is 6.92 Å². The summed E-state index contributed by atoms with van der Waals surface area (Å²) in [7, 11) is 0. The normalized spacial score (nSPS) is 17.1. The van der Waals surface area contributed by atoms with Crippen LogP contribution in [0.2, 0.25) is 0 Å². The summed E-state index contributed by atoms with van der Waals surface area (Å²) in [5.41, 5.74) is 1.02. The van der Waals surface area contributed by atoms with Gasteiger partial charge in [0, 0.05) is 37.2 Å². The molecule has 1 fully saturated rings. The van der Waals surface area contributed by atoms with E-state index >= 15 is 0 Å². The van der Waals surface area contributed by atoms with Crippen molar-refractivity contribution in [3.63, 3.8) is 0 Å². The van der Waals surface area contributed by atoms with Gasteiger partial charge in [0.15, 0.2) is 0 Å². The van der Waals surface area contributed by atoms with Gasteiger partial charge in [-0.1, -0.05) is 0 Å². The van der Waals surface area contributed by atoms with Crippen LogP contribution >= 0.6 is 0 Å². The molecule has 0 amide bonds. The van der Waals surface area contributed by atoms with Crippen molar-refractivity contribution in [2.45, 2.75) is 25.8 Å². The Kier molecular flexibility index (Phi) is 2.96. The molecule has 0 bridgehead atoms. The zero-order valence-corrected chi connectivity index (χ0v) is 10.5. The van der Waals surface area contributed by atoms with E-state index in [1.54, 1.807) is 6.33 Å². The van der Waals surface area contributed by atoms with Gasteiger partial charge < -0.3 is 4.90 Å². The van der Waals surface area contributed by atoms with Gasteiger partial charge in [-0.05, 0) is 25.8 Å². The molecule has 3 heterocycles. The fourth-order valence-corrected chi connectivity index (χ4v) is 2.47. The molecule has 0 aromatic carbocycles. The molecule has 0 atom stereocenters. The van der Waals surface area contributed by atoms with Crippen LogP contribution in [-0.2, 0) is 0 Å². The lowest BCUT2D eigenvalue weighted by molar-refractivity contribution is 0.366. The second-order valence-corrected chi connectivity index (χ2v) is 4.72. The first-order valence-electron chi connectivity index (χ1n) is 6.35. The third-order valence-corrected chi connectivity index (χ3v) is 3.48. The number of anilines is 1. The molecule has 0 N–H and O–H groups in total. The Labute approximate surface area is 106 Å². The molecule has 3 rings (SSSR count). The van der Waals surface area contributed by atoms with Crippen molar-refractivity contribution < 1.29 is 0 Å². The molecule has 0 aliphatic carbocycles. The largest absolute Gasteiger partial charge is 0.356 e. The Hall–Kier alpha value is -1.91. The molecule has 5 heteroatoms. The Balaban J connectivity index is 1.67. The van der Waals surface area contributed by atoms with Crippen LogP contribution in [0.4, 0.5) is 5.82 Å². The molecule has 0 saturated carbocycles. The number of rotatable bonds is 2. The molecular weight excluding hydrogens is 226 g/mol. The molecule has 1 aliphatic rings. The number of nitrogens with zero attached hydrogens (tertiary/aromatic N) is 5. The lowest BCUT2D eigenvalue weighted by Crippen LogP contribution is -2.35. The minimum absolute atomic E-state index is 0.527. The Morgan fingerprint density at radius 3 is 2.72 bits per heavy atom.